The first-order chi connectivity index (χ1) is 15.8. The molecule has 1 N–H and O–H groups in total. The van der Waals surface area contributed by atoms with E-state index in [0.717, 1.165) is 12.7 Å². The van der Waals surface area contributed by atoms with Gasteiger partial charge in [-0.25, -0.2) is 0 Å². The van der Waals surface area contributed by atoms with E-state index in [2.05, 4.69) is 56.6 Å². The van der Waals surface area contributed by atoms with Gasteiger partial charge >= 0.3 is 0 Å². The molecule has 9 heteroatoms. The van der Waals surface area contributed by atoms with Crippen molar-refractivity contribution < 1.29 is 9.53 Å². The maximum Gasteiger partial charge on any atom is 0.266 e. The van der Waals surface area contributed by atoms with Crippen LogP contribution in [0.1, 0.15) is 16.7 Å². The van der Waals surface area contributed by atoms with Crippen LogP contribution in [-0.2, 0) is 11.4 Å². The van der Waals surface area contributed by atoms with Gasteiger partial charge in [0.25, 0.3) is 5.91 Å². The van der Waals surface area contributed by atoms with Crippen molar-refractivity contribution in [2.45, 2.75) is 6.61 Å². The summed E-state index contributed by atoms with van der Waals surface area (Å²) in [4.78, 5) is 12.6. The highest BCUT2D eigenvalue weighted by Gasteiger charge is 2.15. The molecule has 0 aliphatic rings. The number of nitriles is 2. The minimum absolute atomic E-state index is 0.0886. The van der Waals surface area contributed by atoms with Crippen LogP contribution in [0.25, 0.3) is 6.08 Å². The number of nitrogens with zero attached hydrogens (tertiary/aromatic N) is 2. The van der Waals surface area contributed by atoms with Crippen molar-refractivity contribution in [2.75, 3.05) is 5.32 Å². The van der Waals surface area contributed by atoms with Crippen molar-refractivity contribution in [1.29, 1.82) is 10.5 Å². The van der Waals surface area contributed by atoms with E-state index >= 15 is 0 Å². The molecule has 0 aliphatic carbocycles. The summed E-state index contributed by atoms with van der Waals surface area (Å²) < 4.78 is 7.58. The summed E-state index contributed by atoms with van der Waals surface area (Å²) in [5, 5.41) is 21.9. The third-order valence-corrected chi connectivity index (χ3v) is 6.83. The van der Waals surface area contributed by atoms with Gasteiger partial charge in [0.15, 0.2) is 0 Å². The van der Waals surface area contributed by atoms with Crippen molar-refractivity contribution in [3.63, 3.8) is 0 Å². The van der Waals surface area contributed by atoms with Gasteiger partial charge in [-0.05, 0) is 87.2 Å². The predicted octanol–water partition coefficient (Wildman–Crippen LogP) is 7.20. The Balaban J connectivity index is 1.81. The fourth-order valence-electron chi connectivity index (χ4n) is 2.81. The number of rotatable bonds is 6. The Labute approximate surface area is 228 Å². The molecule has 0 radical (unpaired) electrons. The second-order valence-corrected chi connectivity index (χ2v) is 9.71. The molecule has 164 valence electrons. The Bertz CT molecular complexity index is 1320. The molecule has 0 saturated carbocycles. The topological polar surface area (TPSA) is 85.9 Å². The first-order valence-corrected chi connectivity index (χ1v) is 12.2. The number of hydrogen-bond donors (Lipinski definition) is 1. The molecular weight excluding hydrogens is 687 g/mol. The van der Waals surface area contributed by atoms with E-state index < -0.39 is 5.91 Å². The maximum absolute atomic E-state index is 12.6. The number of carbonyl (C=O) groups excluding carboxylic acids is 1. The Morgan fingerprint density at radius 3 is 2.42 bits per heavy atom. The molecule has 1 amide bonds. The molecule has 5 nitrogen and oxygen atoms in total. The standard InChI is InChI=1S/C24H13Cl2I2N3O2/c25-18-6-3-7-21(22(18)26)31-24(32)17(12-30)8-14-9-19(27)23(20(28)10-14)33-13-16-5-2-1-4-15(16)11-29/h1-10H,13H2,(H,31,32)/b17-8-. The fourth-order valence-corrected chi connectivity index (χ4v) is 5.29. The molecule has 0 saturated heterocycles. The third kappa shape index (κ3) is 6.39. The first-order valence-electron chi connectivity index (χ1n) is 9.31. The molecule has 3 aromatic rings. The number of carbonyl (C=O) groups is 1. The minimum Gasteiger partial charge on any atom is -0.487 e. The van der Waals surface area contributed by atoms with E-state index in [0.29, 0.717) is 27.6 Å². The molecular formula is C24H13Cl2I2N3O2. The van der Waals surface area contributed by atoms with E-state index in [9.17, 15) is 15.3 Å². The molecule has 0 aromatic heterocycles. The van der Waals surface area contributed by atoms with Crippen molar-refractivity contribution in [3.8, 4) is 17.9 Å². The van der Waals surface area contributed by atoms with Crippen LogP contribution in [0, 0.1) is 29.8 Å². The fraction of sp³-hybridized carbons (Fsp3) is 0.0417. The molecule has 3 aromatic carbocycles. The van der Waals surface area contributed by atoms with Crippen LogP contribution >= 0.6 is 68.4 Å². The third-order valence-electron chi connectivity index (χ3n) is 4.41. The molecule has 0 unspecified atom stereocenters. The van der Waals surface area contributed by atoms with Crippen molar-refractivity contribution in [2.24, 2.45) is 0 Å². The lowest BCUT2D eigenvalue weighted by Gasteiger charge is -2.12. The SMILES string of the molecule is N#C/C(=C/c1cc(I)c(OCc2ccccc2C#N)c(I)c1)C(=O)Nc1cccc(Cl)c1Cl. The number of anilines is 1. The Kier molecular flexibility index (Phi) is 8.98. The zero-order valence-corrected chi connectivity index (χ0v) is 22.5. The highest BCUT2D eigenvalue weighted by atomic mass is 127. The molecule has 0 spiro atoms. The van der Waals surface area contributed by atoms with Crippen LogP contribution in [-0.4, -0.2) is 5.91 Å². The lowest BCUT2D eigenvalue weighted by Crippen LogP contribution is -2.13. The number of nitrogens with one attached hydrogen (secondary N) is 1. The lowest BCUT2D eigenvalue weighted by molar-refractivity contribution is -0.112. The van der Waals surface area contributed by atoms with Crippen LogP contribution in [0.15, 0.2) is 60.2 Å². The lowest BCUT2D eigenvalue weighted by atomic mass is 10.1. The summed E-state index contributed by atoms with van der Waals surface area (Å²) in [5.74, 6) is 0.0647. The zero-order chi connectivity index (χ0) is 24.0. The Morgan fingerprint density at radius 2 is 1.76 bits per heavy atom. The molecule has 0 fully saturated rings. The normalized spacial score (nSPS) is 10.8. The molecule has 33 heavy (non-hydrogen) atoms. The average Bonchev–Trinajstić information content (AvgIpc) is 2.80. The zero-order valence-electron chi connectivity index (χ0n) is 16.7. The molecule has 0 aliphatic heterocycles. The number of hydrogen-bond acceptors (Lipinski definition) is 4. The van der Waals surface area contributed by atoms with Gasteiger partial charge in [0.1, 0.15) is 24.0 Å². The van der Waals surface area contributed by atoms with E-state index in [4.69, 9.17) is 27.9 Å². The van der Waals surface area contributed by atoms with Gasteiger partial charge in [0, 0.05) is 5.56 Å². The minimum atomic E-state index is -0.597. The van der Waals surface area contributed by atoms with Gasteiger partial charge in [-0.15, -0.1) is 0 Å². The van der Waals surface area contributed by atoms with Gasteiger partial charge in [-0.3, -0.25) is 4.79 Å². The van der Waals surface area contributed by atoms with Crippen molar-refractivity contribution >= 4 is 86.1 Å². The van der Waals surface area contributed by atoms with Gasteiger partial charge in [0.2, 0.25) is 0 Å². The summed E-state index contributed by atoms with van der Waals surface area (Å²) in [6.07, 6.45) is 1.49. The summed E-state index contributed by atoms with van der Waals surface area (Å²) in [6.45, 7) is 0.247. The molecule has 0 bridgehead atoms. The summed E-state index contributed by atoms with van der Waals surface area (Å²) in [7, 11) is 0. The second kappa shape index (κ2) is 11.7. The van der Waals surface area contributed by atoms with Crippen LogP contribution in [0.3, 0.4) is 0 Å². The van der Waals surface area contributed by atoms with Crippen molar-refractivity contribution in [1.82, 2.24) is 0 Å². The smallest absolute Gasteiger partial charge is 0.266 e. The van der Waals surface area contributed by atoms with Gasteiger partial charge < -0.3 is 10.1 Å². The number of amides is 1. The van der Waals surface area contributed by atoms with Crippen LogP contribution in [0.4, 0.5) is 5.69 Å². The van der Waals surface area contributed by atoms with Crippen LogP contribution < -0.4 is 10.1 Å². The van der Waals surface area contributed by atoms with Gasteiger partial charge in [-0.2, -0.15) is 10.5 Å². The maximum atomic E-state index is 12.6. The van der Waals surface area contributed by atoms with E-state index in [-0.39, 0.29) is 17.2 Å². The van der Waals surface area contributed by atoms with Crippen LogP contribution in [0.5, 0.6) is 5.75 Å². The van der Waals surface area contributed by atoms with E-state index in [1.807, 2.05) is 30.3 Å². The number of ether oxygens (including phenoxy) is 1. The summed E-state index contributed by atoms with van der Waals surface area (Å²) in [6, 6.07) is 19.8. The van der Waals surface area contributed by atoms with Crippen LogP contribution in [0.2, 0.25) is 10.0 Å². The Morgan fingerprint density at radius 1 is 1.06 bits per heavy atom. The monoisotopic (exact) mass is 699 g/mol. The summed E-state index contributed by atoms with van der Waals surface area (Å²) in [5.41, 5.74) is 2.25. The number of halogens is 4. The van der Waals surface area contributed by atoms with Crippen molar-refractivity contribution in [3.05, 3.63) is 94.0 Å². The highest BCUT2D eigenvalue weighted by molar-refractivity contribution is 14.1. The average molecular weight is 700 g/mol. The second-order valence-electron chi connectivity index (χ2n) is 6.60. The number of benzene rings is 3. The van der Waals surface area contributed by atoms with E-state index in [1.54, 1.807) is 30.3 Å². The first kappa shape index (κ1) is 25.3. The summed E-state index contributed by atoms with van der Waals surface area (Å²) >= 11 is 16.4. The van der Waals surface area contributed by atoms with E-state index in [1.165, 1.54) is 6.08 Å². The predicted molar refractivity (Wildman–Crippen MR) is 146 cm³/mol. The molecule has 3 rings (SSSR count). The highest BCUT2D eigenvalue weighted by Crippen LogP contribution is 2.32. The van der Waals surface area contributed by atoms with Gasteiger partial charge in [0.05, 0.1) is 34.5 Å². The quantitative estimate of drug-likeness (QED) is 0.168. The molecule has 0 heterocycles. The van der Waals surface area contributed by atoms with Gasteiger partial charge in [-0.1, -0.05) is 47.5 Å². The largest absolute Gasteiger partial charge is 0.487 e. The molecule has 0 atom stereocenters. The Hall–Kier alpha value is -2.31.